The number of hydrogen-bond donors (Lipinski definition) is 0. The van der Waals surface area contributed by atoms with Crippen LogP contribution in [0.1, 0.15) is 0 Å². The molecule has 86 valence electrons. The predicted molar refractivity (Wildman–Crippen MR) is 63.1 cm³/mol. The third-order valence-electron chi connectivity index (χ3n) is 2.18. The molecule has 0 N–H and O–H groups in total. The summed E-state index contributed by atoms with van der Waals surface area (Å²) < 4.78 is 0. The number of hydrogen-bond acceptors (Lipinski definition) is 5. The van der Waals surface area contributed by atoms with E-state index in [4.69, 9.17) is 0 Å². The van der Waals surface area contributed by atoms with Crippen LogP contribution in [0.25, 0.3) is 10.4 Å². The number of nitro benzene ring substituents is 2. The van der Waals surface area contributed by atoms with E-state index in [2.05, 4.69) is 0 Å². The van der Waals surface area contributed by atoms with E-state index < -0.39 is 21.2 Å². The first-order chi connectivity index (χ1) is 8.11. The van der Waals surface area contributed by atoms with E-state index in [1.165, 1.54) is 23.5 Å². The molecule has 0 atom stereocenters. The highest BCUT2D eigenvalue weighted by atomic mass is 32.1. The van der Waals surface area contributed by atoms with Gasteiger partial charge in [-0.25, -0.2) is 0 Å². The van der Waals surface area contributed by atoms with Gasteiger partial charge in [0.05, 0.1) is 15.4 Å². The topological polar surface area (TPSA) is 86.3 Å². The highest BCUT2D eigenvalue weighted by Gasteiger charge is 2.28. The van der Waals surface area contributed by atoms with Gasteiger partial charge in [0.2, 0.25) is 0 Å². The van der Waals surface area contributed by atoms with Gasteiger partial charge in [0.15, 0.2) is 0 Å². The molecule has 0 spiro atoms. The Kier molecular flexibility index (Phi) is 2.84. The van der Waals surface area contributed by atoms with Crippen molar-refractivity contribution in [2.45, 2.75) is 0 Å². The van der Waals surface area contributed by atoms with Crippen LogP contribution >= 0.6 is 11.3 Å². The number of nitro groups is 2. The standard InChI is InChI=1S/C10H6N2O4S/c13-11(14)8-4-1-3-7(10(8)12(15)16)9-5-2-6-17-9/h1-6H. The average Bonchev–Trinajstić information content (AvgIpc) is 2.81. The monoisotopic (exact) mass is 250 g/mol. The van der Waals surface area contributed by atoms with Crippen LogP contribution in [0.4, 0.5) is 11.4 Å². The number of para-hydroxylation sites is 1. The minimum absolute atomic E-state index is 0.277. The maximum absolute atomic E-state index is 10.9. The van der Waals surface area contributed by atoms with Crippen LogP contribution in [0.15, 0.2) is 35.7 Å². The fraction of sp³-hybridized carbons (Fsp3) is 0. The lowest BCUT2D eigenvalue weighted by Crippen LogP contribution is -1.98. The summed E-state index contributed by atoms with van der Waals surface area (Å²) in [7, 11) is 0. The Labute approximate surface area is 99.4 Å². The van der Waals surface area contributed by atoms with Crippen molar-refractivity contribution in [3.05, 3.63) is 55.9 Å². The van der Waals surface area contributed by atoms with Crippen molar-refractivity contribution in [1.82, 2.24) is 0 Å². The van der Waals surface area contributed by atoms with Crippen LogP contribution in [0, 0.1) is 20.2 Å². The molecule has 0 unspecified atom stereocenters. The van der Waals surface area contributed by atoms with Crippen LogP contribution < -0.4 is 0 Å². The van der Waals surface area contributed by atoms with Crippen LogP contribution in [-0.2, 0) is 0 Å². The van der Waals surface area contributed by atoms with Gasteiger partial charge >= 0.3 is 11.4 Å². The molecule has 1 aromatic heterocycles. The van der Waals surface area contributed by atoms with Gasteiger partial charge in [-0.15, -0.1) is 11.3 Å². The summed E-state index contributed by atoms with van der Waals surface area (Å²) in [6.07, 6.45) is 0. The lowest BCUT2D eigenvalue weighted by molar-refractivity contribution is -0.422. The Morgan fingerprint density at radius 1 is 1.00 bits per heavy atom. The van der Waals surface area contributed by atoms with Crippen molar-refractivity contribution in [2.75, 3.05) is 0 Å². The van der Waals surface area contributed by atoms with E-state index in [0.717, 1.165) is 6.07 Å². The predicted octanol–water partition coefficient (Wildman–Crippen LogP) is 3.23. The molecular formula is C10H6N2O4S. The maximum atomic E-state index is 10.9. The molecule has 1 aromatic carbocycles. The van der Waals surface area contributed by atoms with Crippen LogP contribution in [0.3, 0.4) is 0 Å². The fourth-order valence-corrected chi connectivity index (χ4v) is 2.25. The second-order valence-corrected chi connectivity index (χ2v) is 4.11. The highest BCUT2D eigenvalue weighted by Crippen LogP contribution is 2.38. The van der Waals surface area contributed by atoms with E-state index in [0.29, 0.717) is 4.88 Å². The van der Waals surface area contributed by atoms with Crippen LogP contribution in [0.2, 0.25) is 0 Å². The van der Waals surface area contributed by atoms with Gasteiger partial charge in [-0.3, -0.25) is 20.2 Å². The number of rotatable bonds is 3. The summed E-state index contributed by atoms with van der Waals surface area (Å²) in [5.74, 6) is 0. The second-order valence-electron chi connectivity index (χ2n) is 3.16. The molecular weight excluding hydrogens is 244 g/mol. The smallest absolute Gasteiger partial charge is 0.258 e. The summed E-state index contributed by atoms with van der Waals surface area (Å²) >= 11 is 1.30. The van der Waals surface area contributed by atoms with Gasteiger partial charge in [0.1, 0.15) is 0 Å². The maximum Gasteiger partial charge on any atom is 0.354 e. The van der Waals surface area contributed by atoms with E-state index in [1.54, 1.807) is 17.5 Å². The van der Waals surface area contributed by atoms with Gasteiger partial charge in [-0.05, 0) is 17.5 Å². The molecule has 2 aromatic rings. The normalized spacial score (nSPS) is 10.1. The zero-order valence-corrected chi connectivity index (χ0v) is 9.22. The summed E-state index contributed by atoms with van der Waals surface area (Å²) in [6.45, 7) is 0. The van der Waals surface area contributed by atoms with Crippen molar-refractivity contribution in [3.8, 4) is 10.4 Å². The third kappa shape index (κ3) is 2.00. The number of nitrogens with zero attached hydrogens (tertiary/aromatic N) is 2. The SMILES string of the molecule is O=[N+]([O-])c1cccc(-c2cccs2)c1[N+](=O)[O-]. The second kappa shape index (κ2) is 4.30. The molecule has 0 aliphatic carbocycles. The lowest BCUT2D eigenvalue weighted by atomic mass is 10.1. The Balaban J connectivity index is 2.72. The summed E-state index contributed by atoms with van der Waals surface area (Å²) in [5.41, 5.74) is -0.667. The van der Waals surface area contributed by atoms with E-state index in [-0.39, 0.29) is 5.56 Å². The lowest BCUT2D eigenvalue weighted by Gasteiger charge is -2.00. The van der Waals surface area contributed by atoms with Gasteiger partial charge in [0.25, 0.3) is 0 Å². The van der Waals surface area contributed by atoms with E-state index in [9.17, 15) is 20.2 Å². The Morgan fingerprint density at radius 2 is 1.76 bits per heavy atom. The van der Waals surface area contributed by atoms with Crippen LogP contribution in [0.5, 0.6) is 0 Å². The zero-order valence-electron chi connectivity index (χ0n) is 8.40. The van der Waals surface area contributed by atoms with Crippen molar-refractivity contribution in [3.63, 3.8) is 0 Å². The minimum atomic E-state index is -0.741. The molecule has 0 aliphatic heterocycles. The minimum Gasteiger partial charge on any atom is -0.258 e. The molecule has 0 amide bonds. The zero-order chi connectivity index (χ0) is 12.4. The molecule has 7 heteroatoms. The molecule has 6 nitrogen and oxygen atoms in total. The molecule has 0 saturated carbocycles. The molecule has 0 fully saturated rings. The van der Waals surface area contributed by atoms with E-state index in [1.807, 2.05) is 0 Å². The van der Waals surface area contributed by atoms with Gasteiger partial charge in [0, 0.05) is 10.9 Å². The number of thiophene rings is 1. The number of benzene rings is 1. The quantitative estimate of drug-likeness (QED) is 0.618. The largest absolute Gasteiger partial charge is 0.354 e. The Bertz CT molecular complexity index is 580. The molecule has 1 heterocycles. The summed E-state index contributed by atoms with van der Waals surface area (Å²) in [4.78, 5) is 20.9. The fourth-order valence-electron chi connectivity index (χ4n) is 1.50. The van der Waals surface area contributed by atoms with Crippen molar-refractivity contribution in [2.24, 2.45) is 0 Å². The third-order valence-corrected chi connectivity index (χ3v) is 3.08. The van der Waals surface area contributed by atoms with Gasteiger partial charge < -0.3 is 0 Å². The molecule has 0 bridgehead atoms. The Hall–Kier alpha value is -2.28. The average molecular weight is 250 g/mol. The Morgan fingerprint density at radius 3 is 2.29 bits per heavy atom. The van der Waals surface area contributed by atoms with Gasteiger partial charge in [-0.2, -0.15) is 0 Å². The van der Waals surface area contributed by atoms with Crippen molar-refractivity contribution < 1.29 is 9.85 Å². The highest BCUT2D eigenvalue weighted by molar-refractivity contribution is 7.13. The molecule has 17 heavy (non-hydrogen) atoms. The molecule has 0 aliphatic rings. The van der Waals surface area contributed by atoms with Crippen LogP contribution in [-0.4, -0.2) is 9.85 Å². The van der Waals surface area contributed by atoms with Gasteiger partial charge in [-0.1, -0.05) is 12.1 Å². The van der Waals surface area contributed by atoms with Crippen molar-refractivity contribution in [1.29, 1.82) is 0 Å². The first-order valence-electron chi connectivity index (χ1n) is 4.57. The molecule has 2 rings (SSSR count). The molecule has 0 saturated heterocycles. The first-order valence-corrected chi connectivity index (χ1v) is 5.45. The summed E-state index contributed by atoms with van der Waals surface area (Å²) in [6, 6.07) is 7.52. The summed E-state index contributed by atoms with van der Waals surface area (Å²) in [5, 5.41) is 23.5. The van der Waals surface area contributed by atoms with Crippen molar-refractivity contribution >= 4 is 22.7 Å². The van der Waals surface area contributed by atoms with E-state index >= 15 is 0 Å². The molecule has 0 radical (unpaired) electrons. The first kappa shape index (κ1) is 11.2.